The summed E-state index contributed by atoms with van der Waals surface area (Å²) in [5, 5.41) is 10.2. The third-order valence-electron chi connectivity index (χ3n) is 3.29. The van der Waals surface area contributed by atoms with Gasteiger partial charge >= 0.3 is 0 Å². The molecule has 1 nitrogen and oxygen atoms in total. The van der Waals surface area contributed by atoms with Crippen molar-refractivity contribution in [3.8, 4) is 0 Å². The summed E-state index contributed by atoms with van der Waals surface area (Å²) in [5.74, 6) is -0.380. The van der Waals surface area contributed by atoms with Crippen LogP contribution in [0.5, 0.6) is 0 Å². The Hall–Kier alpha value is -1.67. The number of halogens is 1. The molecule has 1 atom stereocenters. The van der Waals surface area contributed by atoms with Gasteiger partial charge in [0.05, 0.1) is 0 Å². The van der Waals surface area contributed by atoms with Gasteiger partial charge in [-0.3, -0.25) is 0 Å². The minimum absolute atomic E-state index is 0.0709. The summed E-state index contributed by atoms with van der Waals surface area (Å²) in [5.41, 5.74) is 2.28. The van der Waals surface area contributed by atoms with Gasteiger partial charge in [-0.2, -0.15) is 0 Å². The van der Waals surface area contributed by atoms with Crippen LogP contribution >= 0.6 is 0 Å². The summed E-state index contributed by atoms with van der Waals surface area (Å²) in [6.07, 6.45) is -0.921. The third kappa shape index (κ3) is 3.02. The Kier molecular flexibility index (Phi) is 3.72. The van der Waals surface area contributed by atoms with Crippen molar-refractivity contribution < 1.29 is 9.50 Å². The molecule has 2 rings (SSSR count). The molecular weight excluding hydrogens is 239 g/mol. The summed E-state index contributed by atoms with van der Waals surface area (Å²) < 4.78 is 13.6. The smallest absolute Gasteiger partial charge is 0.129 e. The van der Waals surface area contributed by atoms with Gasteiger partial charge in [-0.1, -0.05) is 63.2 Å². The molecule has 0 heterocycles. The van der Waals surface area contributed by atoms with Gasteiger partial charge in [0, 0.05) is 5.56 Å². The summed E-state index contributed by atoms with van der Waals surface area (Å²) in [4.78, 5) is 0. The Morgan fingerprint density at radius 2 is 1.53 bits per heavy atom. The van der Waals surface area contributed by atoms with Crippen LogP contribution in [0, 0.1) is 5.82 Å². The molecular formula is C17H19FO. The number of hydrogen-bond donors (Lipinski definition) is 1. The monoisotopic (exact) mass is 258 g/mol. The molecule has 0 saturated carbocycles. The van der Waals surface area contributed by atoms with E-state index in [4.69, 9.17) is 0 Å². The fraction of sp³-hybridized carbons (Fsp3) is 0.294. The summed E-state index contributed by atoms with van der Waals surface area (Å²) in [6, 6.07) is 14.0. The second-order valence-corrected chi connectivity index (χ2v) is 5.80. The van der Waals surface area contributed by atoms with Crippen molar-refractivity contribution >= 4 is 0 Å². The Morgan fingerprint density at radius 3 is 2.05 bits per heavy atom. The lowest BCUT2D eigenvalue weighted by molar-refractivity contribution is 0.215. The molecule has 0 aliphatic carbocycles. The first-order chi connectivity index (χ1) is 8.89. The van der Waals surface area contributed by atoms with Gasteiger partial charge in [0.15, 0.2) is 0 Å². The Labute approximate surface area is 113 Å². The van der Waals surface area contributed by atoms with E-state index in [9.17, 15) is 9.50 Å². The fourth-order valence-corrected chi connectivity index (χ4v) is 2.04. The number of benzene rings is 2. The van der Waals surface area contributed by atoms with Crippen molar-refractivity contribution in [2.24, 2.45) is 0 Å². The van der Waals surface area contributed by atoms with E-state index >= 15 is 0 Å². The van der Waals surface area contributed by atoms with Gasteiger partial charge < -0.3 is 5.11 Å². The molecule has 0 aliphatic heterocycles. The van der Waals surface area contributed by atoms with Crippen LogP contribution in [0.2, 0.25) is 0 Å². The van der Waals surface area contributed by atoms with Crippen LogP contribution in [0.1, 0.15) is 43.6 Å². The first-order valence-corrected chi connectivity index (χ1v) is 6.42. The Balaban J connectivity index is 2.31. The maximum Gasteiger partial charge on any atom is 0.129 e. The SMILES string of the molecule is CC(C)(C)c1ccc(C(O)c2ccccc2F)cc1. The maximum absolute atomic E-state index is 13.6. The van der Waals surface area contributed by atoms with Gasteiger partial charge in [0.25, 0.3) is 0 Å². The molecule has 19 heavy (non-hydrogen) atoms. The van der Waals surface area contributed by atoms with Crippen LogP contribution < -0.4 is 0 Å². The van der Waals surface area contributed by atoms with Gasteiger partial charge in [-0.25, -0.2) is 4.39 Å². The van der Waals surface area contributed by atoms with Crippen LogP contribution in [-0.4, -0.2) is 5.11 Å². The van der Waals surface area contributed by atoms with Crippen molar-refractivity contribution in [3.05, 3.63) is 71.0 Å². The van der Waals surface area contributed by atoms with Crippen molar-refractivity contribution in [3.63, 3.8) is 0 Å². The van der Waals surface area contributed by atoms with E-state index < -0.39 is 6.10 Å². The predicted octanol–water partition coefficient (Wildman–Crippen LogP) is 4.20. The fourth-order valence-electron chi connectivity index (χ4n) is 2.04. The third-order valence-corrected chi connectivity index (χ3v) is 3.29. The molecule has 0 fully saturated rings. The molecule has 1 unspecified atom stereocenters. The molecule has 2 aromatic carbocycles. The molecule has 1 N–H and O–H groups in total. The van der Waals surface area contributed by atoms with Gasteiger partial charge in [-0.15, -0.1) is 0 Å². The Bertz CT molecular complexity index is 552. The minimum Gasteiger partial charge on any atom is -0.384 e. The average Bonchev–Trinajstić information content (AvgIpc) is 2.38. The average molecular weight is 258 g/mol. The standard InChI is InChI=1S/C17H19FO/c1-17(2,3)13-10-8-12(9-11-13)16(19)14-6-4-5-7-15(14)18/h4-11,16,19H,1-3H3. The van der Waals surface area contributed by atoms with Crippen molar-refractivity contribution in [2.75, 3.05) is 0 Å². The molecule has 0 saturated heterocycles. The molecule has 0 radical (unpaired) electrons. The van der Waals surface area contributed by atoms with Crippen molar-refractivity contribution in [1.82, 2.24) is 0 Å². The molecule has 2 aromatic rings. The number of hydrogen-bond acceptors (Lipinski definition) is 1. The molecule has 0 aromatic heterocycles. The van der Waals surface area contributed by atoms with Crippen LogP contribution in [0.3, 0.4) is 0 Å². The number of rotatable bonds is 2. The zero-order valence-electron chi connectivity index (χ0n) is 11.5. The van der Waals surface area contributed by atoms with Gasteiger partial charge in [0.2, 0.25) is 0 Å². The van der Waals surface area contributed by atoms with Crippen molar-refractivity contribution in [2.45, 2.75) is 32.3 Å². The molecule has 2 heteroatoms. The van der Waals surface area contributed by atoms with E-state index in [1.54, 1.807) is 18.2 Å². The van der Waals surface area contributed by atoms with Gasteiger partial charge in [0.1, 0.15) is 11.9 Å². The molecule has 0 aliphatic rings. The molecule has 0 spiro atoms. The van der Waals surface area contributed by atoms with Crippen molar-refractivity contribution in [1.29, 1.82) is 0 Å². The van der Waals surface area contributed by atoms with E-state index in [1.165, 1.54) is 11.6 Å². The maximum atomic E-state index is 13.6. The van der Waals surface area contributed by atoms with Crippen LogP contribution in [0.15, 0.2) is 48.5 Å². The van der Waals surface area contributed by atoms with E-state index in [0.29, 0.717) is 11.1 Å². The Morgan fingerprint density at radius 1 is 0.947 bits per heavy atom. The second-order valence-electron chi connectivity index (χ2n) is 5.80. The highest BCUT2D eigenvalue weighted by atomic mass is 19.1. The largest absolute Gasteiger partial charge is 0.384 e. The summed E-state index contributed by atoms with van der Waals surface area (Å²) in [7, 11) is 0. The second kappa shape index (κ2) is 5.14. The highest BCUT2D eigenvalue weighted by Crippen LogP contribution is 2.27. The quantitative estimate of drug-likeness (QED) is 0.855. The lowest BCUT2D eigenvalue weighted by Gasteiger charge is -2.20. The van der Waals surface area contributed by atoms with Crippen LogP contribution in [0.4, 0.5) is 4.39 Å². The zero-order chi connectivity index (χ0) is 14.0. The van der Waals surface area contributed by atoms with E-state index in [-0.39, 0.29) is 11.2 Å². The molecule has 0 amide bonds. The van der Waals surface area contributed by atoms with Crippen LogP contribution in [0.25, 0.3) is 0 Å². The lowest BCUT2D eigenvalue weighted by Crippen LogP contribution is -2.11. The van der Waals surface area contributed by atoms with E-state index in [1.807, 2.05) is 24.3 Å². The first kappa shape index (κ1) is 13.8. The number of aliphatic hydroxyl groups is 1. The summed E-state index contributed by atoms with van der Waals surface area (Å²) >= 11 is 0. The minimum atomic E-state index is -0.921. The zero-order valence-corrected chi connectivity index (χ0v) is 11.5. The molecule has 0 bridgehead atoms. The lowest BCUT2D eigenvalue weighted by atomic mass is 9.86. The molecule has 100 valence electrons. The highest BCUT2D eigenvalue weighted by Gasteiger charge is 2.17. The summed E-state index contributed by atoms with van der Waals surface area (Å²) in [6.45, 7) is 6.40. The van der Waals surface area contributed by atoms with Crippen LogP contribution in [-0.2, 0) is 5.41 Å². The highest BCUT2D eigenvalue weighted by molar-refractivity contribution is 5.34. The number of aliphatic hydroxyl groups excluding tert-OH is 1. The first-order valence-electron chi connectivity index (χ1n) is 6.42. The van der Waals surface area contributed by atoms with E-state index in [0.717, 1.165) is 0 Å². The van der Waals surface area contributed by atoms with Gasteiger partial charge in [-0.05, 0) is 22.6 Å². The normalized spacial score (nSPS) is 13.3. The van der Waals surface area contributed by atoms with E-state index in [2.05, 4.69) is 20.8 Å². The topological polar surface area (TPSA) is 20.2 Å². The predicted molar refractivity (Wildman–Crippen MR) is 75.6 cm³/mol.